The first-order valence-corrected chi connectivity index (χ1v) is 41.8. The molecule has 36 heteroatoms. The normalized spacial score (nSPS) is 17.3. The van der Waals surface area contributed by atoms with E-state index in [9.17, 15) is 34.0 Å². The van der Waals surface area contributed by atoms with Crippen LogP contribution in [0.5, 0.6) is 5.75 Å². The summed E-state index contributed by atoms with van der Waals surface area (Å²) in [5.74, 6) is -0.963. The zero-order chi connectivity index (χ0) is 79.3. The molecule has 104 heavy (non-hydrogen) atoms. The van der Waals surface area contributed by atoms with Gasteiger partial charge in [-0.15, -0.1) is 34.8 Å². The minimum atomic E-state index is -3.49. The molecule has 4 saturated heterocycles. The zero-order valence-electron chi connectivity index (χ0n) is 62.6. The van der Waals surface area contributed by atoms with Gasteiger partial charge in [0, 0.05) is 74.9 Å². The summed E-state index contributed by atoms with van der Waals surface area (Å²) >= 11 is 23.4. The number of nitrogens with zero attached hydrogens (tertiary/aromatic N) is 3. The number of nitrogen functional groups attached to an aromatic ring is 2. The van der Waals surface area contributed by atoms with Crippen molar-refractivity contribution in [3.05, 3.63) is 136 Å². The fourth-order valence-electron chi connectivity index (χ4n) is 8.63. The third-order valence-corrected chi connectivity index (χ3v) is 21.7. The van der Waals surface area contributed by atoms with Crippen LogP contribution in [0.25, 0.3) is 0 Å². The number of benzene rings is 4. The summed E-state index contributed by atoms with van der Waals surface area (Å²) in [5.41, 5.74) is 13.5. The predicted octanol–water partition coefficient (Wildman–Crippen LogP) is 12.2. The Morgan fingerprint density at radius 1 is 0.644 bits per heavy atom. The summed E-state index contributed by atoms with van der Waals surface area (Å²) in [6.45, 7) is 43.8. The number of hydrogen-bond acceptors (Lipinski definition) is 20. The highest BCUT2D eigenvalue weighted by Crippen LogP contribution is 2.39. The maximum Gasteiger partial charge on any atom is 0.494 e. The van der Waals surface area contributed by atoms with Crippen molar-refractivity contribution >= 4 is 163 Å². The third kappa shape index (κ3) is 33.2. The largest absolute Gasteiger partial charge is 0.494 e. The summed E-state index contributed by atoms with van der Waals surface area (Å²) in [5, 5.41) is 3.87. The number of ether oxygens (including phenoxy) is 2. The van der Waals surface area contributed by atoms with Crippen molar-refractivity contribution in [3.63, 3.8) is 0 Å². The van der Waals surface area contributed by atoms with E-state index < -0.39 is 77.4 Å². The van der Waals surface area contributed by atoms with E-state index >= 15 is 0 Å². The molecule has 4 aliphatic rings. The molecule has 0 amide bonds. The van der Waals surface area contributed by atoms with Crippen LogP contribution in [-0.4, -0.2) is 184 Å². The van der Waals surface area contributed by atoms with E-state index in [1.54, 1.807) is 42.5 Å². The number of pyridine rings is 1. The second kappa shape index (κ2) is 44.2. The lowest BCUT2D eigenvalue weighted by Gasteiger charge is -2.32. The summed E-state index contributed by atoms with van der Waals surface area (Å²) in [6.07, 6.45) is 1.50. The standard InChI is InChI=1S/C18H31BN2O4S.C14H20BNO4S.C12H18BNO2.C12H8BrClF2N2O.C5H11NO.C4H11N.C2H4Cl2O2S.CH2Cl2/c1-7-21(8-2)13-14-26(22,23)20-16-11-9-15(10-12-16)19-24-17(3,4)18(5,6)25-19;1-6-21(17,18)16-12-9-7-11(8-10-12)15-19-13(2,3)14(4,5)20-15;1-11(2)12(3,4)16-13(15-11)9-5-7-10(14)8-6-9;13-6-3-10(12(17)18-4-6)19-5-7-8(15)1-2-9(16)11(7)14;1-6-2-4-7-5-3-6;1-3-5-4-2;3-1-2-7(4,5)6;2-1-3/h9-12,20H,7-8,13-14H2,1-6H3;6-10,16H,1H2,2-5H3;5-8H,14H2,1-4H3;1-4H,5H2,(H2,17,18);2-5H2,1H3;5H,3-4H2,1-2H3;1-2H2;1H2. The van der Waals surface area contributed by atoms with Crippen LogP contribution in [0.15, 0.2) is 114 Å². The van der Waals surface area contributed by atoms with Crippen molar-refractivity contribution < 1.29 is 71.4 Å². The highest BCUT2D eigenvalue weighted by atomic mass is 79.9. The minimum absolute atomic E-state index is 0.0613. The number of anilines is 4. The second-order valence-corrected chi connectivity index (χ2v) is 35.3. The first kappa shape index (κ1) is 96.3. The van der Waals surface area contributed by atoms with Crippen LogP contribution >= 0.6 is 73.0 Å². The number of morpholine rings is 1. The monoisotopic (exact) mass is 1680 g/mol. The van der Waals surface area contributed by atoms with Gasteiger partial charge in [0.2, 0.25) is 19.1 Å². The summed E-state index contributed by atoms with van der Waals surface area (Å²) in [6, 6.07) is 25.2. The Hall–Kier alpha value is -3.80. The number of nitrogens with two attached hydrogens (primary N) is 2. The molecule has 0 atom stereocenters. The van der Waals surface area contributed by atoms with Gasteiger partial charge in [-0.25, -0.2) is 39.0 Å². The molecular weight excluding hydrogens is 1580 g/mol. The second-order valence-electron chi connectivity index (χ2n) is 26.5. The van der Waals surface area contributed by atoms with E-state index in [2.05, 4.69) is 72.9 Å². The van der Waals surface area contributed by atoms with Gasteiger partial charge in [-0.05, 0) is 203 Å². The number of halogens is 8. The average Bonchev–Trinajstić information content (AvgIpc) is 1.64. The highest BCUT2D eigenvalue weighted by Gasteiger charge is 2.54. The molecule has 0 bridgehead atoms. The van der Waals surface area contributed by atoms with Crippen LogP contribution in [0.1, 0.15) is 116 Å². The van der Waals surface area contributed by atoms with Gasteiger partial charge in [-0.1, -0.05) is 82.3 Å². The molecule has 584 valence electrons. The zero-order valence-corrected chi connectivity index (χ0v) is 70.4. The Morgan fingerprint density at radius 3 is 1.36 bits per heavy atom. The fraction of sp³-hybridized carbons (Fsp3) is 0.544. The highest BCUT2D eigenvalue weighted by molar-refractivity contribution is 9.10. The van der Waals surface area contributed by atoms with Gasteiger partial charge in [-0.3, -0.25) is 9.44 Å². The Bertz CT molecular complexity index is 3710. The number of alkyl halides is 3. The summed E-state index contributed by atoms with van der Waals surface area (Å²) in [7, 11) is -4.57. The van der Waals surface area contributed by atoms with Crippen molar-refractivity contribution in [2.75, 3.05) is 110 Å². The summed E-state index contributed by atoms with van der Waals surface area (Å²) < 4.78 is 146. The van der Waals surface area contributed by atoms with Crippen LogP contribution in [-0.2, 0) is 68.4 Å². The topological polar surface area (TPSA) is 284 Å². The Balaban J connectivity index is 0.000000432. The van der Waals surface area contributed by atoms with Crippen LogP contribution in [0.3, 0.4) is 0 Å². The number of hydrogen-bond donors (Lipinski definition) is 5. The van der Waals surface area contributed by atoms with E-state index in [0.29, 0.717) is 22.4 Å². The molecule has 5 heterocycles. The van der Waals surface area contributed by atoms with Gasteiger partial charge in [0.25, 0.3) is 10.0 Å². The van der Waals surface area contributed by atoms with Gasteiger partial charge in [-0.2, -0.15) is 0 Å². The van der Waals surface area contributed by atoms with Crippen molar-refractivity contribution in [2.45, 2.75) is 151 Å². The third-order valence-electron chi connectivity index (χ3n) is 17.1. The van der Waals surface area contributed by atoms with E-state index in [4.69, 9.17) is 106 Å². The Labute approximate surface area is 651 Å². The fourth-order valence-corrected chi connectivity index (χ4v) is 12.1. The molecule has 5 aromatic rings. The van der Waals surface area contributed by atoms with Gasteiger partial charge < -0.3 is 64.0 Å². The van der Waals surface area contributed by atoms with Gasteiger partial charge in [0.05, 0.1) is 68.7 Å². The smallest absolute Gasteiger partial charge is 0.485 e. The maximum absolute atomic E-state index is 13.5. The number of likely N-dealkylation sites (N-methyl/N-ethyl adjacent to an activating group) is 1. The molecule has 0 aliphatic carbocycles. The molecule has 0 unspecified atom stereocenters. The van der Waals surface area contributed by atoms with Crippen molar-refractivity contribution in [1.29, 1.82) is 0 Å². The molecule has 4 aromatic carbocycles. The molecule has 9 rings (SSSR count). The molecule has 0 saturated carbocycles. The predicted molar refractivity (Wildman–Crippen MR) is 430 cm³/mol. The number of sulfonamides is 2. The van der Waals surface area contributed by atoms with Crippen LogP contribution in [0, 0.1) is 11.6 Å². The molecule has 0 radical (unpaired) electrons. The quantitative estimate of drug-likeness (QED) is 0.0159. The number of nitrogens with one attached hydrogen (secondary N) is 3. The lowest BCUT2D eigenvalue weighted by molar-refractivity contribution is 0.00578. The SMILES string of the molecule is C=CS(=O)(=O)Nc1ccc(B2OC(C)(C)C(C)(C)O2)cc1.CC1(C)OB(c2ccc(N)cc2)OC1(C)C.CCN(CC)CCS(=O)(=O)Nc1ccc(B2OC(C)(C)C(C)(C)O2)cc1.CCNCC.CN1CCOCC1.ClCCl.Nc1ncc(Br)cc1OCc1c(F)ccc(F)c1Cl.O=S(=O)(Cl)CCCl. The summed E-state index contributed by atoms with van der Waals surface area (Å²) in [4.78, 5) is 8.21. The molecule has 4 aliphatic heterocycles. The van der Waals surface area contributed by atoms with E-state index in [1.807, 2.05) is 133 Å². The number of rotatable bonds is 20. The molecule has 0 spiro atoms. The molecule has 22 nitrogen and oxygen atoms in total. The van der Waals surface area contributed by atoms with Gasteiger partial charge >= 0.3 is 21.4 Å². The van der Waals surface area contributed by atoms with Crippen LogP contribution in [0.2, 0.25) is 5.02 Å². The van der Waals surface area contributed by atoms with Gasteiger partial charge in [0.1, 0.15) is 18.2 Å². The first-order chi connectivity index (χ1) is 48.1. The molecule has 1 aromatic heterocycles. The van der Waals surface area contributed by atoms with E-state index in [0.717, 1.165) is 92.1 Å². The molecule has 4 fully saturated rings. The maximum atomic E-state index is 13.5. The van der Waals surface area contributed by atoms with E-state index in [1.165, 1.54) is 6.20 Å². The molecular formula is C68H105B3BrCl5F2N8O14S3. The lowest BCUT2D eigenvalue weighted by Crippen LogP contribution is -2.41. The van der Waals surface area contributed by atoms with E-state index in [-0.39, 0.29) is 69.8 Å². The van der Waals surface area contributed by atoms with Crippen molar-refractivity contribution in [1.82, 2.24) is 20.1 Å². The molecule has 7 N–H and O–H groups in total. The average molecular weight is 1680 g/mol. The lowest BCUT2D eigenvalue weighted by atomic mass is 9.79. The van der Waals surface area contributed by atoms with Gasteiger partial charge in [0.15, 0.2) is 11.6 Å². The van der Waals surface area contributed by atoms with Crippen molar-refractivity contribution in [3.8, 4) is 5.75 Å². The Morgan fingerprint density at radius 2 is 1.03 bits per heavy atom. The number of aromatic nitrogens is 1. The first-order valence-electron chi connectivity index (χ1n) is 33.4. The van der Waals surface area contributed by atoms with Crippen LogP contribution < -0.4 is 47.4 Å². The van der Waals surface area contributed by atoms with Crippen LogP contribution in [0.4, 0.5) is 31.7 Å². The van der Waals surface area contributed by atoms with Crippen molar-refractivity contribution in [2.24, 2.45) is 0 Å². The minimum Gasteiger partial charge on any atom is -0.485 e. The Kier molecular flexibility index (Phi) is 40.9.